The van der Waals surface area contributed by atoms with Crippen molar-refractivity contribution in [2.24, 2.45) is 0 Å². The maximum Gasteiger partial charge on any atom is 0.336 e. The number of pyridine rings is 1. The van der Waals surface area contributed by atoms with Crippen molar-refractivity contribution >= 4 is 46.9 Å². The van der Waals surface area contributed by atoms with Crippen LogP contribution in [0.4, 0.5) is 11.4 Å². The van der Waals surface area contributed by atoms with Gasteiger partial charge >= 0.3 is 11.9 Å². The molecule has 0 spiro atoms. The Bertz CT molecular complexity index is 1200. The van der Waals surface area contributed by atoms with E-state index < -0.39 is 23.4 Å². The molecule has 2 amide bonds. The van der Waals surface area contributed by atoms with Crippen LogP contribution in [0.1, 0.15) is 38.0 Å². The van der Waals surface area contributed by atoms with Crippen molar-refractivity contribution in [2.45, 2.75) is 17.1 Å². The van der Waals surface area contributed by atoms with Gasteiger partial charge in [0, 0.05) is 28.7 Å². The number of nitrogens with zero attached hydrogens (tertiary/aromatic N) is 1. The molecule has 33 heavy (non-hydrogen) atoms. The Balaban J connectivity index is 1.64. The summed E-state index contributed by atoms with van der Waals surface area (Å²) in [5, 5.41) is 23.4. The molecule has 10 heteroatoms. The predicted molar refractivity (Wildman–Crippen MR) is 123 cm³/mol. The van der Waals surface area contributed by atoms with Gasteiger partial charge in [-0.3, -0.25) is 14.6 Å². The number of rotatable bonds is 8. The number of anilines is 2. The van der Waals surface area contributed by atoms with Gasteiger partial charge in [0.1, 0.15) is 0 Å². The number of benzene rings is 2. The fourth-order valence-electron chi connectivity index (χ4n) is 2.80. The molecule has 0 radical (unpaired) electrons. The fraction of sp³-hybridized carbons (Fsp3) is 0.0870. The standard InChI is InChI=1S/C23H19N3O6S/c1-13(20(27)25-16-8-10-24-11-9-16)33-17-5-3-15(4-6-17)26-21(28)18-7-2-14(22(29)30)12-19(18)23(31)32/h2-13H,1H3,(H,26,28)(H,29,30)(H,31,32)(H,24,25,27). The van der Waals surface area contributed by atoms with Gasteiger partial charge in [0.2, 0.25) is 5.91 Å². The number of amides is 2. The lowest BCUT2D eigenvalue weighted by molar-refractivity contribution is -0.115. The smallest absolute Gasteiger partial charge is 0.336 e. The number of carboxylic acids is 2. The van der Waals surface area contributed by atoms with Crippen LogP contribution in [-0.2, 0) is 4.79 Å². The minimum atomic E-state index is -1.41. The first kappa shape index (κ1) is 23.5. The molecule has 0 fully saturated rings. The van der Waals surface area contributed by atoms with E-state index in [2.05, 4.69) is 15.6 Å². The Morgan fingerprint density at radius 2 is 1.45 bits per heavy atom. The number of aromatic carboxylic acids is 2. The van der Waals surface area contributed by atoms with Crippen LogP contribution in [0.2, 0.25) is 0 Å². The number of aromatic nitrogens is 1. The lowest BCUT2D eigenvalue weighted by Crippen LogP contribution is -2.22. The number of carbonyl (C=O) groups excluding carboxylic acids is 2. The highest BCUT2D eigenvalue weighted by Gasteiger charge is 2.19. The summed E-state index contributed by atoms with van der Waals surface area (Å²) in [4.78, 5) is 52.1. The van der Waals surface area contributed by atoms with Crippen molar-refractivity contribution < 1.29 is 29.4 Å². The molecule has 0 saturated carbocycles. The second-order valence-corrected chi connectivity index (χ2v) is 8.25. The van der Waals surface area contributed by atoms with Crippen molar-refractivity contribution in [3.8, 4) is 0 Å². The van der Waals surface area contributed by atoms with Gasteiger partial charge in [-0.15, -0.1) is 11.8 Å². The van der Waals surface area contributed by atoms with Crippen molar-refractivity contribution in [1.29, 1.82) is 0 Å². The van der Waals surface area contributed by atoms with Gasteiger partial charge < -0.3 is 20.8 Å². The van der Waals surface area contributed by atoms with Crippen LogP contribution >= 0.6 is 11.8 Å². The average molecular weight is 465 g/mol. The number of hydrogen-bond donors (Lipinski definition) is 4. The zero-order chi connectivity index (χ0) is 24.0. The molecule has 0 saturated heterocycles. The monoisotopic (exact) mass is 465 g/mol. The van der Waals surface area contributed by atoms with Crippen molar-refractivity contribution in [3.63, 3.8) is 0 Å². The van der Waals surface area contributed by atoms with Crippen LogP contribution in [0.3, 0.4) is 0 Å². The number of hydrogen-bond acceptors (Lipinski definition) is 6. The molecule has 0 aliphatic carbocycles. The highest BCUT2D eigenvalue weighted by atomic mass is 32.2. The molecule has 0 bridgehead atoms. The predicted octanol–water partition coefficient (Wildman–Crippen LogP) is 3.85. The minimum Gasteiger partial charge on any atom is -0.478 e. The molecule has 1 heterocycles. The van der Waals surface area contributed by atoms with Crippen molar-refractivity contribution in [3.05, 3.63) is 83.7 Å². The van der Waals surface area contributed by atoms with Gasteiger partial charge in [0.25, 0.3) is 5.91 Å². The molecular formula is C23H19N3O6S. The molecular weight excluding hydrogens is 446 g/mol. The molecule has 1 unspecified atom stereocenters. The van der Waals surface area contributed by atoms with E-state index >= 15 is 0 Å². The van der Waals surface area contributed by atoms with Crippen molar-refractivity contribution in [2.75, 3.05) is 10.6 Å². The summed E-state index contributed by atoms with van der Waals surface area (Å²) in [6.07, 6.45) is 3.17. The number of nitrogens with one attached hydrogen (secondary N) is 2. The first-order valence-electron chi connectivity index (χ1n) is 9.64. The molecule has 3 aromatic rings. The van der Waals surface area contributed by atoms with Crippen LogP contribution in [0.5, 0.6) is 0 Å². The molecule has 3 rings (SSSR count). The molecule has 0 aliphatic rings. The van der Waals surface area contributed by atoms with E-state index in [4.69, 9.17) is 5.11 Å². The maximum absolute atomic E-state index is 12.6. The van der Waals surface area contributed by atoms with E-state index in [-0.39, 0.29) is 22.3 Å². The van der Waals surface area contributed by atoms with Crippen LogP contribution in [0, 0.1) is 0 Å². The van der Waals surface area contributed by atoms with Gasteiger partial charge in [-0.1, -0.05) is 0 Å². The largest absolute Gasteiger partial charge is 0.478 e. The van der Waals surface area contributed by atoms with E-state index in [9.17, 15) is 24.3 Å². The molecule has 0 aliphatic heterocycles. The molecule has 1 aromatic heterocycles. The van der Waals surface area contributed by atoms with E-state index in [1.807, 2.05) is 0 Å². The van der Waals surface area contributed by atoms with Gasteiger partial charge in [0.15, 0.2) is 0 Å². The molecule has 2 aromatic carbocycles. The quantitative estimate of drug-likeness (QED) is 0.367. The highest BCUT2D eigenvalue weighted by molar-refractivity contribution is 8.00. The SMILES string of the molecule is CC(Sc1ccc(NC(=O)c2ccc(C(=O)O)cc2C(=O)O)cc1)C(=O)Nc1ccncc1. The first-order chi connectivity index (χ1) is 15.7. The molecule has 4 N–H and O–H groups in total. The van der Waals surface area contributed by atoms with Crippen LogP contribution in [-0.4, -0.2) is 44.2 Å². The lowest BCUT2D eigenvalue weighted by atomic mass is 10.0. The Morgan fingerprint density at radius 3 is 2.06 bits per heavy atom. The molecule has 168 valence electrons. The summed E-state index contributed by atoms with van der Waals surface area (Å²) in [6.45, 7) is 1.77. The number of thioether (sulfide) groups is 1. The molecule has 9 nitrogen and oxygen atoms in total. The van der Waals surface area contributed by atoms with Gasteiger partial charge in [-0.2, -0.15) is 0 Å². The normalized spacial score (nSPS) is 11.3. The number of carboxylic acid groups (broad SMARTS) is 2. The van der Waals surface area contributed by atoms with Gasteiger partial charge in [-0.25, -0.2) is 9.59 Å². The van der Waals surface area contributed by atoms with Crippen molar-refractivity contribution in [1.82, 2.24) is 4.98 Å². The summed E-state index contributed by atoms with van der Waals surface area (Å²) in [6, 6.07) is 13.4. The number of carbonyl (C=O) groups is 4. The third kappa shape index (κ3) is 6.17. The Hall–Kier alpha value is -4.18. The summed E-state index contributed by atoms with van der Waals surface area (Å²) >= 11 is 1.33. The van der Waals surface area contributed by atoms with Crippen LogP contribution < -0.4 is 10.6 Å². The summed E-state index contributed by atoms with van der Waals surface area (Å²) in [5.41, 5.74) is 0.267. The lowest BCUT2D eigenvalue weighted by Gasteiger charge is -2.13. The van der Waals surface area contributed by atoms with E-state index in [1.165, 1.54) is 17.8 Å². The Morgan fingerprint density at radius 1 is 0.818 bits per heavy atom. The van der Waals surface area contributed by atoms with E-state index in [0.29, 0.717) is 11.4 Å². The fourth-order valence-corrected chi connectivity index (χ4v) is 3.67. The molecule has 1 atom stereocenters. The third-order valence-electron chi connectivity index (χ3n) is 4.48. The second kappa shape index (κ2) is 10.4. The third-order valence-corrected chi connectivity index (χ3v) is 5.60. The second-order valence-electron chi connectivity index (χ2n) is 6.83. The average Bonchev–Trinajstić information content (AvgIpc) is 2.80. The van der Waals surface area contributed by atoms with Gasteiger partial charge in [-0.05, 0) is 61.5 Å². The summed E-state index contributed by atoms with van der Waals surface area (Å²) in [5.74, 6) is -3.56. The minimum absolute atomic E-state index is 0.160. The van der Waals surface area contributed by atoms with E-state index in [0.717, 1.165) is 17.0 Å². The highest BCUT2D eigenvalue weighted by Crippen LogP contribution is 2.26. The van der Waals surface area contributed by atoms with Crippen LogP contribution in [0.15, 0.2) is 71.9 Å². The van der Waals surface area contributed by atoms with E-state index in [1.54, 1.807) is 55.7 Å². The Kier molecular flexibility index (Phi) is 7.42. The maximum atomic E-state index is 12.6. The first-order valence-corrected chi connectivity index (χ1v) is 10.5. The van der Waals surface area contributed by atoms with Gasteiger partial charge in [0.05, 0.1) is 21.9 Å². The zero-order valence-electron chi connectivity index (χ0n) is 17.3. The summed E-state index contributed by atoms with van der Waals surface area (Å²) < 4.78 is 0. The Labute approximate surface area is 192 Å². The zero-order valence-corrected chi connectivity index (χ0v) is 18.1. The topological polar surface area (TPSA) is 146 Å². The van der Waals surface area contributed by atoms with Crippen LogP contribution in [0.25, 0.3) is 0 Å². The summed E-state index contributed by atoms with van der Waals surface area (Å²) in [7, 11) is 0.